The molecule has 0 saturated heterocycles. The maximum absolute atomic E-state index is 12.8. The Morgan fingerprint density at radius 3 is 2.54 bits per heavy atom. The highest BCUT2D eigenvalue weighted by molar-refractivity contribution is 6.04. The van der Waals surface area contributed by atoms with Crippen LogP contribution >= 0.6 is 0 Å². The first-order valence-electron chi connectivity index (χ1n) is 9.27. The third-order valence-corrected chi connectivity index (χ3v) is 4.86. The van der Waals surface area contributed by atoms with Crippen molar-refractivity contribution in [1.29, 1.82) is 0 Å². The van der Waals surface area contributed by atoms with Gasteiger partial charge in [-0.1, -0.05) is 6.92 Å². The monoisotopic (exact) mass is 378 g/mol. The number of carbonyl (C=O) groups is 1. The molecular formula is C19H22N8O. The zero-order valence-corrected chi connectivity index (χ0v) is 16.3. The average Bonchev–Trinajstić information content (AvgIpc) is 3.20. The van der Waals surface area contributed by atoms with Crippen molar-refractivity contribution in [2.75, 3.05) is 16.8 Å². The number of imidazole rings is 1. The maximum Gasteiger partial charge on any atom is 0.249 e. The average molecular weight is 378 g/mol. The van der Waals surface area contributed by atoms with Gasteiger partial charge in [0.25, 0.3) is 0 Å². The van der Waals surface area contributed by atoms with Crippen LogP contribution in [0.3, 0.4) is 0 Å². The molecule has 4 heterocycles. The zero-order valence-electron chi connectivity index (χ0n) is 16.3. The van der Waals surface area contributed by atoms with Crippen LogP contribution in [0.25, 0.3) is 17.6 Å². The van der Waals surface area contributed by atoms with Gasteiger partial charge in [-0.15, -0.1) is 0 Å². The first-order valence-corrected chi connectivity index (χ1v) is 9.27. The van der Waals surface area contributed by atoms with Crippen molar-refractivity contribution >= 4 is 17.4 Å². The predicted molar refractivity (Wildman–Crippen MR) is 105 cm³/mol. The van der Waals surface area contributed by atoms with Crippen LogP contribution in [0.4, 0.5) is 11.5 Å². The maximum atomic E-state index is 12.8. The summed E-state index contributed by atoms with van der Waals surface area (Å²) in [7, 11) is 1.77. The lowest BCUT2D eigenvalue weighted by atomic mass is 10.1. The van der Waals surface area contributed by atoms with Gasteiger partial charge in [0.2, 0.25) is 11.9 Å². The van der Waals surface area contributed by atoms with Crippen molar-refractivity contribution in [3.8, 4) is 17.6 Å². The fourth-order valence-electron chi connectivity index (χ4n) is 3.53. The highest BCUT2D eigenvalue weighted by Gasteiger charge is 2.38. The van der Waals surface area contributed by atoms with E-state index in [2.05, 4.69) is 38.7 Å². The Hall–Kier alpha value is -3.36. The van der Waals surface area contributed by atoms with Crippen molar-refractivity contribution in [3.63, 3.8) is 0 Å². The number of rotatable bonds is 4. The summed E-state index contributed by atoms with van der Waals surface area (Å²) < 4.78 is 1.76. The van der Waals surface area contributed by atoms with Crippen molar-refractivity contribution in [1.82, 2.24) is 29.5 Å². The number of likely N-dealkylation sites (N-methyl/N-ethyl adjacent to an activating group) is 1. The normalized spacial score (nSPS) is 16.6. The van der Waals surface area contributed by atoms with E-state index in [1.54, 1.807) is 53.6 Å². The molecule has 0 radical (unpaired) electrons. The highest BCUT2D eigenvalue weighted by atomic mass is 16.2. The highest BCUT2D eigenvalue weighted by Crippen LogP contribution is 2.36. The van der Waals surface area contributed by atoms with E-state index in [0.29, 0.717) is 29.7 Å². The van der Waals surface area contributed by atoms with E-state index in [1.807, 2.05) is 6.92 Å². The number of hydrogen-bond acceptors (Lipinski definition) is 7. The van der Waals surface area contributed by atoms with Crippen LogP contribution in [-0.2, 0) is 4.79 Å². The fourth-order valence-corrected chi connectivity index (χ4v) is 3.53. The van der Waals surface area contributed by atoms with Crippen LogP contribution in [0, 0.1) is 0 Å². The summed E-state index contributed by atoms with van der Waals surface area (Å²) in [6.07, 6.45) is 9.17. The number of carbonyl (C=O) groups excluding carboxylic acids is 1. The van der Waals surface area contributed by atoms with Crippen molar-refractivity contribution in [2.24, 2.45) is 0 Å². The zero-order chi connectivity index (χ0) is 19.8. The van der Waals surface area contributed by atoms with E-state index in [4.69, 9.17) is 4.98 Å². The summed E-state index contributed by atoms with van der Waals surface area (Å²) in [5.41, 5.74) is 0.699. The number of anilines is 2. The summed E-state index contributed by atoms with van der Waals surface area (Å²) in [5, 5.41) is 0. The van der Waals surface area contributed by atoms with Crippen molar-refractivity contribution in [2.45, 2.75) is 39.3 Å². The molecule has 0 aliphatic carbocycles. The Labute approximate surface area is 163 Å². The van der Waals surface area contributed by atoms with Crippen LogP contribution in [0.1, 0.15) is 27.2 Å². The quantitative estimate of drug-likeness (QED) is 0.686. The molecule has 1 unspecified atom stereocenters. The van der Waals surface area contributed by atoms with Gasteiger partial charge in [0.1, 0.15) is 11.7 Å². The van der Waals surface area contributed by atoms with Gasteiger partial charge in [0.15, 0.2) is 17.5 Å². The van der Waals surface area contributed by atoms with Crippen LogP contribution < -0.4 is 9.80 Å². The minimum absolute atomic E-state index is 0.0565. The second kappa shape index (κ2) is 6.99. The molecule has 1 amide bonds. The van der Waals surface area contributed by atoms with Gasteiger partial charge in [0, 0.05) is 37.9 Å². The molecule has 144 valence electrons. The van der Waals surface area contributed by atoms with Gasteiger partial charge in [-0.2, -0.15) is 4.98 Å². The van der Waals surface area contributed by atoms with E-state index in [0.717, 1.165) is 5.82 Å². The molecule has 0 aromatic carbocycles. The van der Waals surface area contributed by atoms with E-state index < -0.39 is 0 Å². The molecule has 0 saturated carbocycles. The lowest BCUT2D eigenvalue weighted by Crippen LogP contribution is -2.55. The third-order valence-electron chi connectivity index (χ3n) is 4.86. The Kier molecular flexibility index (Phi) is 4.50. The van der Waals surface area contributed by atoms with Crippen LogP contribution in [0.2, 0.25) is 0 Å². The molecule has 1 aliphatic rings. The lowest BCUT2D eigenvalue weighted by Gasteiger charge is -2.42. The van der Waals surface area contributed by atoms with Crippen LogP contribution in [0.5, 0.6) is 0 Å². The van der Waals surface area contributed by atoms with Gasteiger partial charge in [0.05, 0.1) is 6.20 Å². The van der Waals surface area contributed by atoms with Gasteiger partial charge >= 0.3 is 0 Å². The topological polar surface area (TPSA) is 92.9 Å². The fraction of sp³-hybridized carbons (Fsp3) is 0.368. The summed E-state index contributed by atoms with van der Waals surface area (Å²) in [6.45, 7) is 6.14. The van der Waals surface area contributed by atoms with Crippen LogP contribution in [0.15, 0.2) is 37.1 Å². The van der Waals surface area contributed by atoms with E-state index in [-0.39, 0.29) is 18.0 Å². The van der Waals surface area contributed by atoms with Gasteiger partial charge < -0.3 is 9.80 Å². The molecule has 0 N–H and O–H groups in total. The molecule has 4 rings (SSSR count). The number of amides is 1. The lowest BCUT2D eigenvalue weighted by molar-refractivity contribution is -0.120. The molecule has 0 spiro atoms. The minimum atomic E-state index is -0.250. The molecule has 1 atom stereocenters. The van der Waals surface area contributed by atoms with E-state index in [9.17, 15) is 4.79 Å². The molecule has 28 heavy (non-hydrogen) atoms. The molecular weight excluding hydrogens is 356 g/mol. The van der Waals surface area contributed by atoms with Gasteiger partial charge in [-0.3, -0.25) is 9.36 Å². The van der Waals surface area contributed by atoms with E-state index in [1.165, 1.54) is 0 Å². The largest absolute Gasteiger partial charge is 0.340 e. The SMILES string of the molecule is CCC1C(=O)N(C)c2cnc(-n3ccnc3-c3ncccn3)nc2N1C(C)C. The third kappa shape index (κ3) is 2.79. The number of hydrogen-bond donors (Lipinski definition) is 0. The molecule has 9 heteroatoms. The smallest absolute Gasteiger partial charge is 0.249 e. The Morgan fingerprint density at radius 1 is 1.11 bits per heavy atom. The van der Waals surface area contributed by atoms with E-state index >= 15 is 0 Å². The van der Waals surface area contributed by atoms with Crippen molar-refractivity contribution < 1.29 is 4.79 Å². The summed E-state index contributed by atoms with van der Waals surface area (Å²) in [4.78, 5) is 38.7. The van der Waals surface area contributed by atoms with Gasteiger partial charge in [-0.25, -0.2) is 19.9 Å². The second-order valence-electron chi connectivity index (χ2n) is 6.89. The number of fused-ring (bicyclic) bond motifs is 1. The first-order chi connectivity index (χ1) is 13.5. The molecule has 3 aromatic heterocycles. The number of aromatic nitrogens is 6. The molecule has 3 aromatic rings. The summed E-state index contributed by atoms with van der Waals surface area (Å²) in [5.74, 6) is 2.31. The molecule has 0 bridgehead atoms. The standard InChI is InChI=1S/C19H22N8O/c1-5-13-18(28)25(4)14-11-23-19(24-16(14)27(13)12(2)3)26-10-9-22-17(26)15-20-7-6-8-21-15/h6-13H,5H2,1-4H3. The first kappa shape index (κ1) is 18.0. The Bertz CT molecular complexity index is 1000. The van der Waals surface area contributed by atoms with Gasteiger partial charge in [-0.05, 0) is 26.3 Å². The Morgan fingerprint density at radius 2 is 1.86 bits per heavy atom. The summed E-state index contributed by atoms with van der Waals surface area (Å²) in [6, 6.07) is 1.62. The molecule has 1 aliphatic heterocycles. The van der Waals surface area contributed by atoms with Crippen LogP contribution in [-0.4, -0.2) is 54.5 Å². The summed E-state index contributed by atoms with van der Waals surface area (Å²) >= 11 is 0. The Balaban J connectivity index is 1.85. The number of nitrogens with zero attached hydrogens (tertiary/aromatic N) is 8. The molecule has 0 fully saturated rings. The second-order valence-corrected chi connectivity index (χ2v) is 6.89. The minimum Gasteiger partial charge on any atom is -0.340 e. The van der Waals surface area contributed by atoms with Crippen molar-refractivity contribution in [3.05, 3.63) is 37.1 Å². The molecule has 9 nitrogen and oxygen atoms in total. The predicted octanol–water partition coefficient (Wildman–Crippen LogP) is 2.09.